The molecule has 134 valence electrons. The molecule has 26 heavy (non-hydrogen) atoms. The number of hydrogen-bond acceptors (Lipinski definition) is 7. The van der Waals surface area contributed by atoms with E-state index in [1.54, 1.807) is 36.4 Å². The van der Waals surface area contributed by atoms with Gasteiger partial charge in [0.05, 0.1) is 24.5 Å². The number of fused-ring (bicyclic) bond motifs is 1. The Hall–Kier alpha value is -2.40. The highest BCUT2D eigenvalue weighted by Gasteiger charge is 2.20. The first-order valence-electron chi connectivity index (χ1n) is 7.25. The summed E-state index contributed by atoms with van der Waals surface area (Å²) in [6, 6.07) is 11.6. The first-order chi connectivity index (χ1) is 12.5. The average Bonchev–Trinajstić information content (AvgIpc) is 3.10. The number of rotatable bonds is 6. The van der Waals surface area contributed by atoms with E-state index >= 15 is 0 Å². The number of carbonyl (C=O) groups is 1. The number of halogens is 1. The van der Waals surface area contributed by atoms with Crippen LogP contribution in [0.3, 0.4) is 0 Å². The van der Waals surface area contributed by atoms with E-state index in [-0.39, 0.29) is 10.4 Å². The number of aromatic nitrogens is 2. The molecule has 11 heteroatoms. The molecular formula is C15H12ClN5O3S2. The molecule has 1 heterocycles. The fourth-order valence-corrected chi connectivity index (χ4v) is 3.96. The summed E-state index contributed by atoms with van der Waals surface area (Å²) in [6.07, 6.45) is 1.37. The fourth-order valence-electron chi connectivity index (χ4n) is 2.03. The molecule has 0 atom stereocenters. The third-order valence-electron chi connectivity index (χ3n) is 3.26. The number of hydrogen-bond donors (Lipinski definition) is 2. The first kappa shape index (κ1) is 18.4. The van der Waals surface area contributed by atoms with E-state index in [0.717, 1.165) is 11.7 Å². The quantitative estimate of drug-likeness (QED) is 0.475. The second-order valence-electron chi connectivity index (χ2n) is 5.03. The molecular weight excluding hydrogens is 398 g/mol. The van der Waals surface area contributed by atoms with E-state index in [2.05, 4.69) is 24.0 Å². The van der Waals surface area contributed by atoms with Crippen LogP contribution in [0.5, 0.6) is 0 Å². The molecule has 3 aromatic rings. The molecule has 0 saturated carbocycles. The van der Waals surface area contributed by atoms with Gasteiger partial charge in [0.1, 0.15) is 15.9 Å². The SMILES string of the molecule is O=C(CNS(=O)(=O)c1cccc2nsnc12)NN=Cc1ccccc1Cl. The number of nitrogens with one attached hydrogen (secondary N) is 2. The van der Waals surface area contributed by atoms with Gasteiger partial charge in [-0.25, -0.2) is 18.6 Å². The van der Waals surface area contributed by atoms with Crippen LogP contribution in [-0.2, 0) is 14.8 Å². The van der Waals surface area contributed by atoms with Crippen molar-refractivity contribution >= 4 is 56.5 Å². The van der Waals surface area contributed by atoms with Gasteiger partial charge in [-0.3, -0.25) is 4.79 Å². The van der Waals surface area contributed by atoms with Crippen molar-refractivity contribution in [2.75, 3.05) is 6.54 Å². The lowest BCUT2D eigenvalue weighted by molar-refractivity contribution is -0.119. The molecule has 1 amide bonds. The predicted molar refractivity (Wildman–Crippen MR) is 99.8 cm³/mol. The van der Waals surface area contributed by atoms with Gasteiger partial charge in [0.25, 0.3) is 5.91 Å². The molecule has 0 aliphatic rings. The molecule has 2 aromatic carbocycles. The predicted octanol–water partition coefficient (Wildman–Crippen LogP) is 1.77. The third-order valence-corrected chi connectivity index (χ3v) is 5.58. The molecule has 0 spiro atoms. The minimum atomic E-state index is -3.92. The van der Waals surface area contributed by atoms with E-state index < -0.39 is 22.5 Å². The Labute approximate surface area is 158 Å². The summed E-state index contributed by atoms with van der Waals surface area (Å²) in [4.78, 5) is 11.8. The lowest BCUT2D eigenvalue weighted by Gasteiger charge is -2.06. The highest BCUT2D eigenvalue weighted by Crippen LogP contribution is 2.20. The molecule has 0 fully saturated rings. The number of nitrogens with zero attached hydrogens (tertiary/aromatic N) is 3. The van der Waals surface area contributed by atoms with Gasteiger partial charge < -0.3 is 0 Å². The number of benzene rings is 2. The van der Waals surface area contributed by atoms with Crippen molar-refractivity contribution < 1.29 is 13.2 Å². The van der Waals surface area contributed by atoms with Gasteiger partial charge in [-0.2, -0.15) is 13.8 Å². The molecule has 3 rings (SSSR count). The molecule has 0 bridgehead atoms. The van der Waals surface area contributed by atoms with Crippen molar-refractivity contribution in [1.82, 2.24) is 18.9 Å². The number of amides is 1. The minimum absolute atomic E-state index is 0.0314. The van der Waals surface area contributed by atoms with Crippen molar-refractivity contribution in [3.63, 3.8) is 0 Å². The van der Waals surface area contributed by atoms with Gasteiger partial charge in [-0.05, 0) is 18.2 Å². The fraction of sp³-hybridized carbons (Fsp3) is 0.0667. The lowest BCUT2D eigenvalue weighted by Crippen LogP contribution is -2.35. The van der Waals surface area contributed by atoms with Gasteiger partial charge >= 0.3 is 0 Å². The Kier molecular flexibility index (Phi) is 5.57. The molecule has 0 aliphatic carbocycles. The Morgan fingerprint density at radius 2 is 2.00 bits per heavy atom. The van der Waals surface area contributed by atoms with Gasteiger partial charge in [-0.15, -0.1) is 0 Å². The molecule has 2 N–H and O–H groups in total. The maximum atomic E-state index is 12.4. The molecule has 1 aromatic heterocycles. The second kappa shape index (κ2) is 7.87. The smallest absolute Gasteiger partial charge is 0.255 e. The summed E-state index contributed by atoms with van der Waals surface area (Å²) < 4.78 is 34.9. The zero-order valence-corrected chi connectivity index (χ0v) is 15.5. The largest absolute Gasteiger partial charge is 0.272 e. The highest BCUT2D eigenvalue weighted by molar-refractivity contribution is 7.89. The molecule has 0 unspecified atom stereocenters. The maximum Gasteiger partial charge on any atom is 0.255 e. The molecule has 8 nitrogen and oxygen atoms in total. The van der Waals surface area contributed by atoms with E-state index in [9.17, 15) is 13.2 Å². The van der Waals surface area contributed by atoms with Crippen LogP contribution < -0.4 is 10.1 Å². The van der Waals surface area contributed by atoms with E-state index in [1.165, 1.54) is 12.3 Å². The van der Waals surface area contributed by atoms with E-state index in [4.69, 9.17) is 11.6 Å². The van der Waals surface area contributed by atoms with Gasteiger partial charge in [0, 0.05) is 10.6 Å². The zero-order chi connectivity index (χ0) is 18.6. The first-order valence-corrected chi connectivity index (χ1v) is 9.84. The summed E-state index contributed by atoms with van der Waals surface area (Å²) >= 11 is 6.88. The van der Waals surface area contributed by atoms with Crippen LogP contribution in [-0.4, -0.2) is 35.8 Å². The average molecular weight is 410 g/mol. The lowest BCUT2D eigenvalue weighted by atomic mass is 10.2. The summed E-state index contributed by atoms with van der Waals surface area (Å²) in [5, 5.41) is 4.24. The van der Waals surface area contributed by atoms with Crippen LogP contribution in [0.1, 0.15) is 5.56 Å². The van der Waals surface area contributed by atoms with Crippen LogP contribution in [0.4, 0.5) is 0 Å². The van der Waals surface area contributed by atoms with Crippen LogP contribution in [0.25, 0.3) is 11.0 Å². The Balaban J connectivity index is 1.62. The topological polar surface area (TPSA) is 113 Å². The Morgan fingerprint density at radius 1 is 1.19 bits per heavy atom. The Morgan fingerprint density at radius 3 is 2.81 bits per heavy atom. The number of sulfonamides is 1. The van der Waals surface area contributed by atoms with Gasteiger partial charge in [0.15, 0.2) is 0 Å². The standard InChI is InChI=1S/C15H12ClN5O3S2/c16-11-5-2-1-4-10(11)8-17-19-14(22)9-18-26(23,24)13-7-3-6-12-15(13)21-25-20-12/h1-8,18H,9H2,(H,19,22). The number of carbonyl (C=O) groups excluding carboxylic acids is 1. The van der Waals surface area contributed by atoms with E-state index in [1.807, 2.05) is 0 Å². The van der Waals surface area contributed by atoms with Crippen molar-refractivity contribution in [2.24, 2.45) is 5.10 Å². The summed E-state index contributed by atoms with van der Waals surface area (Å²) in [5.41, 5.74) is 3.60. The van der Waals surface area contributed by atoms with Crippen LogP contribution >= 0.6 is 23.3 Å². The molecule has 0 radical (unpaired) electrons. The van der Waals surface area contributed by atoms with E-state index in [0.29, 0.717) is 16.1 Å². The van der Waals surface area contributed by atoms with Crippen molar-refractivity contribution in [3.05, 3.63) is 53.1 Å². The maximum absolute atomic E-state index is 12.4. The number of hydrazone groups is 1. The second-order valence-corrected chi connectivity index (χ2v) is 7.70. The van der Waals surface area contributed by atoms with Gasteiger partial charge in [0.2, 0.25) is 10.0 Å². The van der Waals surface area contributed by atoms with Crippen molar-refractivity contribution in [1.29, 1.82) is 0 Å². The normalized spacial score (nSPS) is 11.9. The molecule has 0 saturated heterocycles. The van der Waals surface area contributed by atoms with Crippen LogP contribution in [0.15, 0.2) is 52.5 Å². The van der Waals surface area contributed by atoms with Crippen LogP contribution in [0, 0.1) is 0 Å². The van der Waals surface area contributed by atoms with Crippen LogP contribution in [0.2, 0.25) is 5.02 Å². The highest BCUT2D eigenvalue weighted by atomic mass is 35.5. The Bertz CT molecular complexity index is 1080. The van der Waals surface area contributed by atoms with Gasteiger partial charge in [-0.1, -0.05) is 35.9 Å². The third kappa shape index (κ3) is 4.22. The van der Waals surface area contributed by atoms with Crippen molar-refractivity contribution in [2.45, 2.75) is 4.90 Å². The zero-order valence-electron chi connectivity index (χ0n) is 13.1. The van der Waals surface area contributed by atoms with Crippen molar-refractivity contribution in [3.8, 4) is 0 Å². The molecule has 0 aliphatic heterocycles. The summed E-state index contributed by atoms with van der Waals surface area (Å²) in [6.45, 7) is -0.476. The monoisotopic (exact) mass is 409 g/mol. The minimum Gasteiger partial charge on any atom is -0.272 e. The summed E-state index contributed by atoms with van der Waals surface area (Å²) in [5.74, 6) is -0.625. The summed E-state index contributed by atoms with van der Waals surface area (Å²) in [7, 11) is -3.92.